The van der Waals surface area contributed by atoms with Crippen molar-refractivity contribution in [1.29, 1.82) is 0 Å². The number of likely N-dealkylation sites (tertiary alicyclic amines) is 1. The summed E-state index contributed by atoms with van der Waals surface area (Å²) in [7, 11) is 3.16. The monoisotopic (exact) mass is 909 g/mol. The Morgan fingerprint density at radius 3 is 2.10 bits per heavy atom. The Labute approximate surface area is 361 Å². The van der Waals surface area contributed by atoms with Crippen molar-refractivity contribution in [1.82, 2.24) is 14.7 Å². The van der Waals surface area contributed by atoms with Gasteiger partial charge in [0, 0.05) is 51.4 Å². The van der Waals surface area contributed by atoms with Crippen LogP contribution in [0.3, 0.4) is 0 Å². The van der Waals surface area contributed by atoms with Crippen LogP contribution in [0.25, 0.3) is 0 Å². The van der Waals surface area contributed by atoms with Crippen LogP contribution >= 0.6 is 35.6 Å². The van der Waals surface area contributed by atoms with E-state index in [2.05, 4.69) is 17.0 Å². The van der Waals surface area contributed by atoms with Crippen LogP contribution in [-0.4, -0.2) is 119 Å². The smallest absolute Gasteiger partial charge is 0.383 e. The molecule has 2 heterocycles. The molecule has 0 N–H and O–H groups in total. The van der Waals surface area contributed by atoms with Gasteiger partial charge in [-0.1, -0.05) is 53.5 Å². The fraction of sp³-hybridized carbons (Fsp3) is 0.524. The summed E-state index contributed by atoms with van der Waals surface area (Å²) in [5.74, 6) is -1.14. The summed E-state index contributed by atoms with van der Waals surface area (Å²) in [4.78, 5) is 32.3. The number of methoxy groups -OCH3 is 2. The normalized spacial score (nSPS) is 20.5. The van der Waals surface area contributed by atoms with Gasteiger partial charge in [-0.3, -0.25) is 9.59 Å². The third-order valence-corrected chi connectivity index (χ3v) is 12.5. The van der Waals surface area contributed by atoms with Crippen molar-refractivity contribution in [3.05, 3.63) is 104 Å². The van der Waals surface area contributed by atoms with E-state index in [9.17, 15) is 35.9 Å². The molecule has 2 atom stereocenters. The number of morpholine rings is 1. The molecule has 3 aromatic carbocycles. The highest BCUT2D eigenvalue weighted by atomic mass is 35.5. The second kappa shape index (κ2) is 19.9. The number of rotatable bonds is 14. The van der Waals surface area contributed by atoms with Crippen LogP contribution in [0, 0.1) is 0 Å². The van der Waals surface area contributed by atoms with Gasteiger partial charge in [-0.05, 0) is 85.8 Å². The first kappa shape index (κ1) is 47.9. The van der Waals surface area contributed by atoms with Crippen molar-refractivity contribution in [2.75, 3.05) is 86.5 Å². The minimum atomic E-state index is -5.11. The summed E-state index contributed by atoms with van der Waals surface area (Å²) in [6.07, 6.45) is -8.05. The number of amides is 2. The first-order valence-corrected chi connectivity index (χ1v) is 20.1. The number of nitrogens with zero attached hydrogens (tertiary/aromatic N) is 3. The molecule has 0 radical (unpaired) electrons. The van der Waals surface area contributed by atoms with Gasteiger partial charge in [0.05, 0.1) is 53.6 Å². The number of piperidine rings is 1. The van der Waals surface area contributed by atoms with Crippen LogP contribution in [0.1, 0.15) is 57.4 Å². The molecule has 3 aliphatic rings. The molecular formula is C42H48Cl3F6N3O6. The number of ether oxygens (including phenoxy) is 4. The second-order valence-corrected chi connectivity index (χ2v) is 16.1. The van der Waals surface area contributed by atoms with E-state index in [1.165, 1.54) is 16.0 Å². The zero-order valence-corrected chi connectivity index (χ0v) is 35.5. The molecule has 0 unspecified atom stereocenters. The molecule has 2 saturated heterocycles. The number of fused-ring (bicyclic) bond motifs is 2. The Morgan fingerprint density at radius 1 is 0.867 bits per heavy atom. The molecule has 18 heteroatoms. The van der Waals surface area contributed by atoms with Gasteiger partial charge in [0.25, 0.3) is 5.91 Å². The molecule has 60 heavy (non-hydrogen) atoms. The first-order chi connectivity index (χ1) is 28.0. The Balaban J connectivity index is 0.00000683. The third-order valence-electron chi connectivity index (χ3n) is 11.8. The number of hydrogen-bond acceptors (Lipinski definition) is 7. The van der Waals surface area contributed by atoms with E-state index in [1.807, 2.05) is 12.1 Å². The summed E-state index contributed by atoms with van der Waals surface area (Å²) < 4.78 is 106. The van der Waals surface area contributed by atoms with Crippen LogP contribution in [0.5, 0.6) is 0 Å². The topological polar surface area (TPSA) is 80.8 Å². The lowest BCUT2D eigenvalue weighted by atomic mass is 9.72. The first-order valence-electron chi connectivity index (χ1n) is 19.4. The molecule has 0 saturated carbocycles. The van der Waals surface area contributed by atoms with Crippen molar-refractivity contribution in [3.8, 4) is 0 Å². The number of carbonyl (C=O) groups excluding carboxylic acids is 2. The van der Waals surface area contributed by atoms with E-state index in [-0.39, 0.29) is 72.2 Å². The zero-order valence-electron chi connectivity index (χ0n) is 33.2. The van der Waals surface area contributed by atoms with Gasteiger partial charge < -0.3 is 33.6 Å². The quantitative estimate of drug-likeness (QED) is 0.151. The Kier molecular flexibility index (Phi) is 15.9. The summed E-state index contributed by atoms with van der Waals surface area (Å²) in [5.41, 5.74) is -2.50. The Bertz CT molecular complexity index is 1920. The van der Waals surface area contributed by atoms with Gasteiger partial charge in [-0.2, -0.15) is 26.3 Å². The summed E-state index contributed by atoms with van der Waals surface area (Å²) >= 11 is 12.7. The lowest BCUT2D eigenvalue weighted by Gasteiger charge is -2.46. The largest absolute Gasteiger partial charge is 0.416 e. The predicted molar refractivity (Wildman–Crippen MR) is 216 cm³/mol. The molecular weight excluding hydrogens is 863 g/mol. The number of benzene rings is 3. The zero-order chi connectivity index (χ0) is 42.6. The van der Waals surface area contributed by atoms with Gasteiger partial charge >= 0.3 is 12.4 Å². The highest BCUT2D eigenvalue weighted by Gasteiger charge is 2.50. The maximum Gasteiger partial charge on any atom is 0.416 e. The lowest BCUT2D eigenvalue weighted by molar-refractivity contribution is -0.143. The number of halogens is 9. The van der Waals surface area contributed by atoms with E-state index < -0.39 is 40.6 Å². The molecule has 1 spiro atoms. The van der Waals surface area contributed by atoms with Crippen molar-refractivity contribution in [3.63, 3.8) is 0 Å². The van der Waals surface area contributed by atoms with Gasteiger partial charge in [0.2, 0.25) is 5.91 Å². The fourth-order valence-corrected chi connectivity index (χ4v) is 8.87. The average Bonchev–Trinajstić information content (AvgIpc) is 3.51. The molecule has 2 aliphatic heterocycles. The predicted octanol–water partition coefficient (Wildman–Crippen LogP) is 8.31. The van der Waals surface area contributed by atoms with Gasteiger partial charge in [-0.25, -0.2) is 0 Å². The maximum absolute atomic E-state index is 13.8. The molecule has 0 bridgehead atoms. The second-order valence-electron chi connectivity index (χ2n) is 15.3. The van der Waals surface area contributed by atoms with E-state index in [0.717, 1.165) is 12.8 Å². The summed E-state index contributed by atoms with van der Waals surface area (Å²) in [6.45, 7) is 3.02. The highest BCUT2D eigenvalue weighted by Crippen LogP contribution is 2.48. The SMILES string of the molecule is COCCN(CCOC)C(=O)CO[C@H]1Cc2ccccc2C12CCN(CC[C@]1(c3ccc(Cl)c(Cl)c3)CN(C(=O)c3cc(C(F)(F)F)cc(C(F)(F)F)c3)CCO1)CC2.Cl. The Hall–Kier alpha value is -3.15. The number of carbonyl (C=O) groups is 2. The number of alkyl halides is 6. The lowest BCUT2D eigenvalue weighted by Crippen LogP contribution is -2.54. The molecule has 9 nitrogen and oxygen atoms in total. The molecule has 3 aromatic rings. The Morgan fingerprint density at radius 2 is 1.50 bits per heavy atom. The average molecular weight is 911 g/mol. The van der Waals surface area contributed by atoms with Crippen molar-refractivity contribution in [2.24, 2.45) is 0 Å². The minimum absolute atomic E-state index is 0. The van der Waals surface area contributed by atoms with Gasteiger partial charge in [0.15, 0.2) is 0 Å². The van der Waals surface area contributed by atoms with E-state index in [1.54, 1.807) is 37.3 Å². The molecule has 2 amide bonds. The molecule has 0 aromatic heterocycles. The van der Waals surface area contributed by atoms with Crippen LogP contribution in [0.4, 0.5) is 26.3 Å². The van der Waals surface area contributed by atoms with Crippen molar-refractivity contribution >= 4 is 47.4 Å². The van der Waals surface area contributed by atoms with Crippen LogP contribution in [0.15, 0.2) is 60.7 Å². The third kappa shape index (κ3) is 10.7. The fourth-order valence-electron chi connectivity index (χ4n) is 8.57. The van der Waals surface area contributed by atoms with Crippen LogP contribution in [0.2, 0.25) is 10.0 Å². The van der Waals surface area contributed by atoms with E-state index in [0.29, 0.717) is 76.5 Å². The van der Waals surface area contributed by atoms with Crippen LogP contribution < -0.4 is 0 Å². The van der Waals surface area contributed by atoms with E-state index >= 15 is 0 Å². The summed E-state index contributed by atoms with van der Waals surface area (Å²) in [6, 6.07) is 14.0. The van der Waals surface area contributed by atoms with Crippen molar-refractivity contribution < 1.29 is 54.9 Å². The van der Waals surface area contributed by atoms with E-state index in [4.69, 9.17) is 42.1 Å². The summed E-state index contributed by atoms with van der Waals surface area (Å²) in [5, 5.41) is 0.486. The molecule has 6 rings (SSSR count). The van der Waals surface area contributed by atoms with Gasteiger partial charge in [-0.15, -0.1) is 12.4 Å². The number of hydrogen-bond donors (Lipinski definition) is 0. The van der Waals surface area contributed by atoms with Crippen molar-refractivity contribution in [2.45, 2.75) is 55.2 Å². The maximum atomic E-state index is 13.8. The molecule has 330 valence electrons. The standard InChI is InChI=1S/C42H47Cl2F6N3O6.ClH/c1-56-18-15-52(16-19-57-2)37(54)26-58-36-23-28-5-3-4-6-33(28)39(36)9-12-51(13-10-39)14-11-40(30-7-8-34(43)35(44)25-30)27-53(17-20-59-40)38(55)29-21-31(41(45,46)47)24-32(22-29)42(48,49)50;/h3-8,21-22,24-25,36H,9-20,23,26-27H2,1-2H3;1H/t36-,40+;/m0./s1. The molecule has 1 aliphatic carbocycles. The highest BCUT2D eigenvalue weighted by molar-refractivity contribution is 6.42. The van der Waals surface area contributed by atoms with Crippen LogP contribution in [-0.2, 0) is 53.5 Å². The molecule has 2 fully saturated rings. The van der Waals surface area contributed by atoms with Gasteiger partial charge in [0.1, 0.15) is 12.2 Å². The minimum Gasteiger partial charge on any atom is -0.383 e.